The molecule has 1 atom stereocenters. The average molecular weight is 341 g/mol. The SMILES string of the molecule is CO[C@@](C)(C(=O)N(C)CC(=O)Nc1ccc(C)cn1)c1ccccc1. The minimum absolute atomic E-state index is 0.0971. The molecule has 0 aliphatic rings. The Kier molecular flexibility index (Phi) is 5.88. The molecule has 1 aromatic heterocycles. The van der Waals surface area contributed by atoms with E-state index in [0.717, 1.165) is 11.1 Å². The topological polar surface area (TPSA) is 71.5 Å². The van der Waals surface area contributed by atoms with E-state index in [1.165, 1.54) is 12.0 Å². The first-order valence-corrected chi connectivity index (χ1v) is 7.95. The Morgan fingerprint density at radius 2 is 1.88 bits per heavy atom. The first-order valence-electron chi connectivity index (χ1n) is 7.95. The summed E-state index contributed by atoms with van der Waals surface area (Å²) in [6.45, 7) is 3.51. The van der Waals surface area contributed by atoms with Crippen molar-refractivity contribution >= 4 is 17.6 Å². The molecule has 132 valence electrons. The molecule has 1 N–H and O–H groups in total. The molecule has 0 saturated heterocycles. The summed E-state index contributed by atoms with van der Waals surface area (Å²) in [6.07, 6.45) is 1.67. The molecule has 0 aliphatic carbocycles. The summed E-state index contributed by atoms with van der Waals surface area (Å²) in [6, 6.07) is 12.8. The van der Waals surface area contributed by atoms with Crippen molar-refractivity contribution in [2.24, 2.45) is 0 Å². The van der Waals surface area contributed by atoms with Gasteiger partial charge in [-0.15, -0.1) is 0 Å². The standard InChI is InChI=1S/C19H23N3O3/c1-14-10-11-16(20-12-14)21-17(23)13-22(3)18(24)19(2,25-4)15-8-6-5-7-9-15/h5-12H,13H2,1-4H3,(H,20,21,23)/t19-/m1/s1. The van der Waals surface area contributed by atoms with Crippen molar-refractivity contribution in [2.45, 2.75) is 19.4 Å². The van der Waals surface area contributed by atoms with Gasteiger partial charge in [-0.1, -0.05) is 36.4 Å². The van der Waals surface area contributed by atoms with E-state index in [9.17, 15) is 9.59 Å². The summed E-state index contributed by atoms with van der Waals surface area (Å²) >= 11 is 0. The lowest BCUT2D eigenvalue weighted by molar-refractivity contribution is -0.154. The molecule has 25 heavy (non-hydrogen) atoms. The highest BCUT2D eigenvalue weighted by atomic mass is 16.5. The number of nitrogens with one attached hydrogen (secondary N) is 1. The van der Waals surface area contributed by atoms with Gasteiger partial charge in [0.15, 0.2) is 5.60 Å². The highest BCUT2D eigenvalue weighted by Crippen LogP contribution is 2.26. The number of carbonyl (C=O) groups excluding carboxylic acids is 2. The lowest BCUT2D eigenvalue weighted by Crippen LogP contribution is -2.47. The number of benzene rings is 1. The van der Waals surface area contributed by atoms with Crippen LogP contribution < -0.4 is 5.32 Å². The highest BCUT2D eigenvalue weighted by molar-refractivity contribution is 5.95. The van der Waals surface area contributed by atoms with Crippen LogP contribution in [-0.2, 0) is 19.9 Å². The van der Waals surface area contributed by atoms with Gasteiger partial charge in [-0.2, -0.15) is 0 Å². The zero-order valence-corrected chi connectivity index (χ0v) is 14.9. The molecule has 1 heterocycles. The van der Waals surface area contributed by atoms with Gasteiger partial charge in [0.1, 0.15) is 5.82 Å². The number of hydrogen-bond donors (Lipinski definition) is 1. The lowest BCUT2D eigenvalue weighted by atomic mass is 9.94. The van der Waals surface area contributed by atoms with E-state index in [1.54, 1.807) is 26.2 Å². The molecule has 2 amide bonds. The van der Waals surface area contributed by atoms with Crippen molar-refractivity contribution in [1.82, 2.24) is 9.88 Å². The van der Waals surface area contributed by atoms with Gasteiger partial charge >= 0.3 is 0 Å². The molecule has 6 heteroatoms. The molecule has 2 aromatic rings. The number of hydrogen-bond acceptors (Lipinski definition) is 4. The van der Waals surface area contributed by atoms with Crippen LogP contribution >= 0.6 is 0 Å². The molecular formula is C19H23N3O3. The van der Waals surface area contributed by atoms with Crippen LogP contribution in [0, 0.1) is 6.92 Å². The second kappa shape index (κ2) is 7.90. The van der Waals surface area contributed by atoms with Gasteiger partial charge in [-0.3, -0.25) is 9.59 Å². The van der Waals surface area contributed by atoms with Gasteiger partial charge in [0.05, 0.1) is 6.54 Å². The van der Waals surface area contributed by atoms with Crippen LogP contribution in [0.3, 0.4) is 0 Å². The summed E-state index contributed by atoms with van der Waals surface area (Å²) in [4.78, 5) is 30.5. The second-order valence-corrected chi connectivity index (χ2v) is 6.03. The Bertz CT molecular complexity index is 731. The quantitative estimate of drug-likeness (QED) is 0.875. The Morgan fingerprint density at radius 1 is 1.20 bits per heavy atom. The van der Waals surface area contributed by atoms with Crippen LogP contribution in [0.4, 0.5) is 5.82 Å². The van der Waals surface area contributed by atoms with Crippen molar-refractivity contribution in [1.29, 1.82) is 0 Å². The van der Waals surface area contributed by atoms with Crippen LogP contribution in [0.15, 0.2) is 48.7 Å². The molecule has 1 aromatic carbocycles. The summed E-state index contributed by atoms with van der Waals surface area (Å²) in [5.41, 5.74) is 0.581. The Labute approximate surface area is 147 Å². The van der Waals surface area contributed by atoms with Gasteiger partial charge in [0, 0.05) is 20.4 Å². The smallest absolute Gasteiger partial charge is 0.259 e. The van der Waals surface area contributed by atoms with Gasteiger partial charge in [-0.05, 0) is 31.0 Å². The summed E-state index contributed by atoms with van der Waals surface area (Å²) in [5.74, 6) is -0.166. The number of carbonyl (C=O) groups is 2. The van der Waals surface area contributed by atoms with Crippen LogP contribution in [0.1, 0.15) is 18.1 Å². The second-order valence-electron chi connectivity index (χ2n) is 6.03. The maximum atomic E-state index is 12.8. The van der Waals surface area contributed by atoms with Crippen LogP contribution in [0.2, 0.25) is 0 Å². The first kappa shape index (κ1) is 18.6. The zero-order chi connectivity index (χ0) is 18.4. The van der Waals surface area contributed by atoms with E-state index in [-0.39, 0.29) is 18.4 Å². The van der Waals surface area contributed by atoms with Gasteiger partial charge < -0.3 is 15.0 Å². The minimum atomic E-state index is -1.15. The predicted octanol–water partition coefficient (Wildman–Crippen LogP) is 2.35. The maximum absolute atomic E-state index is 12.8. The predicted molar refractivity (Wildman–Crippen MR) is 96.0 cm³/mol. The third-order valence-corrected chi connectivity index (χ3v) is 4.05. The first-order chi connectivity index (χ1) is 11.9. The van der Waals surface area contributed by atoms with Crippen LogP contribution in [0.5, 0.6) is 0 Å². The van der Waals surface area contributed by atoms with Crippen molar-refractivity contribution in [3.63, 3.8) is 0 Å². The highest BCUT2D eigenvalue weighted by Gasteiger charge is 2.37. The Hall–Kier alpha value is -2.73. The number of amides is 2. The van der Waals surface area contributed by atoms with Gasteiger partial charge in [0.2, 0.25) is 5.91 Å². The van der Waals surface area contributed by atoms with E-state index in [4.69, 9.17) is 4.74 Å². The number of ether oxygens (including phenoxy) is 1. The van der Waals surface area contributed by atoms with Gasteiger partial charge in [0.25, 0.3) is 5.91 Å². The van der Waals surface area contributed by atoms with E-state index >= 15 is 0 Å². The summed E-state index contributed by atoms with van der Waals surface area (Å²) in [7, 11) is 3.06. The summed E-state index contributed by atoms with van der Waals surface area (Å²) in [5, 5.41) is 2.68. The summed E-state index contributed by atoms with van der Waals surface area (Å²) < 4.78 is 5.48. The number of methoxy groups -OCH3 is 1. The number of anilines is 1. The normalized spacial score (nSPS) is 13.0. The van der Waals surface area contributed by atoms with E-state index in [2.05, 4.69) is 10.3 Å². The number of pyridine rings is 1. The number of nitrogens with zero attached hydrogens (tertiary/aromatic N) is 2. The number of aryl methyl sites for hydroxylation is 1. The molecule has 0 spiro atoms. The average Bonchev–Trinajstić information content (AvgIpc) is 2.63. The van der Waals surface area contributed by atoms with Crippen molar-refractivity contribution in [2.75, 3.05) is 26.0 Å². The van der Waals surface area contributed by atoms with E-state index in [1.807, 2.05) is 43.3 Å². The fourth-order valence-corrected chi connectivity index (χ4v) is 2.46. The molecular weight excluding hydrogens is 318 g/mol. The van der Waals surface area contributed by atoms with E-state index < -0.39 is 5.60 Å². The molecule has 6 nitrogen and oxygen atoms in total. The van der Waals surface area contributed by atoms with Crippen molar-refractivity contribution < 1.29 is 14.3 Å². The zero-order valence-electron chi connectivity index (χ0n) is 14.9. The van der Waals surface area contributed by atoms with E-state index in [0.29, 0.717) is 5.82 Å². The third kappa shape index (κ3) is 4.42. The number of rotatable bonds is 6. The molecule has 0 fully saturated rings. The van der Waals surface area contributed by atoms with Crippen molar-refractivity contribution in [3.8, 4) is 0 Å². The minimum Gasteiger partial charge on any atom is -0.364 e. The molecule has 0 saturated carbocycles. The fourth-order valence-electron chi connectivity index (χ4n) is 2.46. The molecule has 0 unspecified atom stereocenters. The fraction of sp³-hybridized carbons (Fsp3) is 0.316. The molecule has 0 bridgehead atoms. The van der Waals surface area contributed by atoms with Crippen LogP contribution in [-0.4, -0.2) is 42.4 Å². The van der Waals surface area contributed by atoms with Crippen molar-refractivity contribution in [3.05, 3.63) is 59.8 Å². The molecule has 0 radical (unpaired) electrons. The molecule has 0 aliphatic heterocycles. The Morgan fingerprint density at radius 3 is 2.44 bits per heavy atom. The molecule has 2 rings (SSSR count). The monoisotopic (exact) mass is 341 g/mol. The maximum Gasteiger partial charge on any atom is 0.259 e. The number of aromatic nitrogens is 1. The van der Waals surface area contributed by atoms with Gasteiger partial charge in [-0.25, -0.2) is 4.98 Å². The lowest BCUT2D eigenvalue weighted by Gasteiger charge is -2.31. The Balaban J connectivity index is 2.05. The van der Waals surface area contributed by atoms with Crippen LogP contribution in [0.25, 0.3) is 0 Å². The number of likely N-dealkylation sites (N-methyl/N-ethyl adjacent to an activating group) is 1. The third-order valence-electron chi connectivity index (χ3n) is 4.05. The largest absolute Gasteiger partial charge is 0.364 e.